The fourth-order valence-corrected chi connectivity index (χ4v) is 2.89. The number of hydrogen-bond acceptors (Lipinski definition) is 3. The lowest BCUT2D eigenvalue weighted by Gasteiger charge is -2.10. The molecular formula is C15H14F2O3. The number of fused-ring (bicyclic) bond motifs is 3. The summed E-state index contributed by atoms with van der Waals surface area (Å²) in [5, 5.41) is 0. The van der Waals surface area contributed by atoms with E-state index in [1.54, 1.807) is 6.92 Å². The van der Waals surface area contributed by atoms with Gasteiger partial charge < -0.3 is 9.47 Å². The van der Waals surface area contributed by atoms with Gasteiger partial charge in [-0.15, -0.1) is 0 Å². The molecule has 0 aromatic heterocycles. The standard InChI is InChI=1S/C15H14F2O3/c1-2-19-11(18)7-8-3-4-9-12(8)10-5-6-20-15(10)14(17)13(9)16/h7H,2-6H2,1H3. The summed E-state index contributed by atoms with van der Waals surface area (Å²) in [6.07, 6.45) is 2.83. The fraction of sp³-hybridized carbons (Fsp3) is 0.400. The molecule has 5 heteroatoms. The predicted octanol–water partition coefficient (Wildman–Crippen LogP) is 2.79. The number of hydrogen-bond donors (Lipinski definition) is 0. The van der Waals surface area contributed by atoms with Gasteiger partial charge in [0.05, 0.1) is 13.2 Å². The zero-order valence-corrected chi connectivity index (χ0v) is 11.1. The number of carbonyl (C=O) groups is 1. The third-order valence-electron chi connectivity index (χ3n) is 3.68. The molecule has 0 saturated heterocycles. The average Bonchev–Trinajstić information content (AvgIpc) is 3.02. The van der Waals surface area contributed by atoms with Gasteiger partial charge >= 0.3 is 5.97 Å². The van der Waals surface area contributed by atoms with E-state index in [0.717, 1.165) is 0 Å². The Hall–Kier alpha value is -1.91. The van der Waals surface area contributed by atoms with Crippen molar-refractivity contribution in [2.24, 2.45) is 0 Å². The summed E-state index contributed by atoms with van der Waals surface area (Å²) >= 11 is 0. The lowest BCUT2D eigenvalue weighted by Crippen LogP contribution is -2.02. The molecule has 3 nitrogen and oxygen atoms in total. The second-order valence-electron chi connectivity index (χ2n) is 4.81. The molecule has 0 fully saturated rings. The molecule has 1 heterocycles. The van der Waals surface area contributed by atoms with Crippen LogP contribution in [0, 0.1) is 11.6 Å². The van der Waals surface area contributed by atoms with E-state index in [1.165, 1.54) is 6.08 Å². The van der Waals surface area contributed by atoms with Gasteiger partial charge in [-0.25, -0.2) is 9.18 Å². The monoisotopic (exact) mass is 280 g/mol. The number of allylic oxidation sites excluding steroid dienone is 1. The Kier molecular flexibility index (Phi) is 3.20. The summed E-state index contributed by atoms with van der Waals surface area (Å²) in [4.78, 5) is 11.6. The molecule has 0 N–H and O–H groups in total. The zero-order chi connectivity index (χ0) is 14.3. The summed E-state index contributed by atoms with van der Waals surface area (Å²) in [5.74, 6) is -2.22. The molecule has 1 aliphatic carbocycles. The summed E-state index contributed by atoms with van der Waals surface area (Å²) in [6.45, 7) is 2.35. The van der Waals surface area contributed by atoms with Crippen LogP contribution in [0.2, 0.25) is 0 Å². The first-order chi connectivity index (χ1) is 9.63. The van der Waals surface area contributed by atoms with Crippen molar-refractivity contribution in [1.29, 1.82) is 0 Å². The Morgan fingerprint density at radius 2 is 2.05 bits per heavy atom. The Morgan fingerprint density at radius 1 is 1.25 bits per heavy atom. The van der Waals surface area contributed by atoms with Gasteiger partial charge in [0.25, 0.3) is 0 Å². The molecule has 3 rings (SSSR count). The summed E-state index contributed by atoms with van der Waals surface area (Å²) in [5.41, 5.74) is 2.37. The summed E-state index contributed by atoms with van der Waals surface area (Å²) < 4.78 is 37.9. The number of ether oxygens (including phenoxy) is 2. The summed E-state index contributed by atoms with van der Waals surface area (Å²) in [7, 11) is 0. The molecule has 0 bridgehead atoms. The van der Waals surface area contributed by atoms with E-state index in [4.69, 9.17) is 9.47 Å². The molecule has 0 unspecified atom stereocenters. The molecule has 0 saturated carbocycles. The van der Waals surface area contributed by atoms with Crippen molar-refractivity contribution in [2.45, 2.75) is 26.2 Å². The van der Waals surface area contributed by atoms with Crippen LogP contribution in [0.15, 0.2) is 6.08 Å². The van der Waals surface area contributed by atoms with Crippen molar-refractivity contribution in [3.05, 3.63) is 34.4 Å². The highest BCUT2D eigenvalue weighted by atomic mass is 19.2. The lowest BCUT2D eigenvalue weighted by molar-refractivity contribution is -0.137. The molecular weight excluding hydrogens is 266 g/mol. The molecule has 0 spiro atoms. The van der Waals surface area contributed by atoms with Crippen molar-refractivity contribution in [3.63, 3.8) is 0 Å². The van der Waals surface area contributed by atoms with Gasteiger partial charge in [0, 0.05) is 18.1 Å². The van der Waals surface area contributed by atoms with E-state index in [0.29, 0.717) is 48.1 Å². The highest BCUT2D eigenvalue weighted by Crippen LogP contribution is 2.44. The number of benzene rings is 1. The third-order valence-corrected chi connectivity index (χ3v) is 3.68. The van der Waals surface area contributed by atoms with Gasteiger partial charge in [0.15, 0.2) is 11.6 Å². The van der Waals surface area contributed by atoms with E-state index in [1.807, 2.05) is 0 Å². The van der Waals surface area contributed by atoms with Crippen LogP contribution >= 0.6 is 0 Å². The maximum atomic E-state index is 14.0. The lowest BCUT2D eigenvalue weighted by atomic mass is 9.97. The molecule has 0 radical (unpaired) electrons. The molecule has 1 aromatic carbocycles. The van der Waals surface area contributed by atoms with Crippen LogP contribution in [0.1, 0.15) is 30.0 Å². The van der Waals surface area contributed by atoms with Gasteiger partial charge in [-0.3, -0.25) is 0 Å². The highest BCUT2D eigenvalue weighted by molar-refractivity contribution is 5.94. The van der Waals surface area contributed by atoms with Crippen LogP contribution in [0.3, 0.4) is 0 Å². The number of carbonyl (C=O) groups excluding carboxylic acids is 1. The number of rotatable bonds is 2. The van der Waals surface area contributed by atoms with Crippen LogP contribution in [0.4, 0.5) is 8.78 Å². The van der Waals surface area contributed by atoms with Crippen LogP contribution in [0.25, 0.3) is 5.57 Å². The van der Waals surface area contributed by atoms with Gasteiger partial charge in [0.2, 0.25) is 5.82 Å². The SMILES string of the molecule is CCOC(=O)C=C1CCc2c(F)c(F)c3c(c21)CCO3. The second-order valence-corrected chi connectivity index (χ2v) is 4.81. The minimum absolute atomic E-state index is 0.00194. The minimum Gasteiger partial charge on any atom is -0.490 e. The average molecular weight is 280 g/mol. The zero-order valence-electron chi connectivity index (χ0n) is 11.1. The Morgan fingerprint density at radius 3 is 2.80 bits per heavy atom. The van der Waals surface area contributed by atoms with Crippen LogP contribution in [-0.4, -0.2) is 19.2 Å². The first-order valence-electron chi connectivity index (χ1n) is 6.66. The van der Waals surface area contributed by atoms with Crippen LogP contribution in [0.5, 0.6) is 5.75 Å². The minimum atomic E-state index is -0.909. The normalized spacial score (nSPS) is 17.9. The van der Waals surface area contributed by atoms with Crippen molar-refractivity contribution < 1.29 is 23.0 Å². The quantitative estimate of drug-likeness (QED) is 0.617. The highest BCUT2D eigenvalue weighted by Gasteiger charge is 2.33. The maximum absolute atomic E-state index is 14.0. The van der Waals surface area contributed by atoms with E-state index in [2.05, 4.69) is 0 Å². The van der Waals surface area contributed by atoms with Gasteiger partial charge in [0.1, 0.15) is 0 Å². The second kappa shape index (κ2) is 4.89. The molecule has 0 atom stereocenters. The number of halogens is 2. The van der Waals surface area contributed by atoms with Crippen molar-refractivity contribution in [3.8, 4) is 5.75 Å². The molecule has 106 valence electrons. The van der Waals surface area contributed by atoms with E-state index < -0.39 is 17.6 Å². The Bertz CT molecular complexity index is 620. The Labute approximate surface area is 115 Å². The van der Waals surface area contributed by atoms with Crippen molar-refractivity contribution in [1.82, 2.24) is 0 Å². The summed E-state index contributed by atoms with van der Waals surface area (Å²) in [6, 6.07) is 0. The third kappa shape index (κ3) is 1.88. The molecule has 0 amide bonds. The molecule has 1 aliphatic heterocycles. The molecule has 2 aliphatic rings. The van der Waals surface area contributed by atoms with Gasteiger partial charge in [-0.1, -0.05) is 0 Å². The maximum Gasteiger partial charge on any atom is 0.331 e. The van der Waals surface area contributed by atoms with Gasteiger partial charge in [-0.2, -0.15) is 4.39 Å². The molecule has 20 heavy (non-hydrogen) atoms. The first kappa shape index (κ1) is 13.1. The van der Waals surface area contributed by atoms with E-state index in [-0.39, 0.29) is 12.4 Å². The smallest absolute Gasteiger partial charge is 0.331 e. The van der Waals surface area contributed by atoms with Crippen molar-refractivity contribution in [2.75, 3.05) is 13.2 Å². The van der Waals surface area contributed by atoms with E-state index >= 15 is 0 Å². The van der Waals surface area contributed by atoms with E-state index in [9.17, 15) is 13.6 Å². The van der Waals surface area contributed by atoms with Crippen LogP contribution < -0.4 is 4.74 Å². The molecule has 1 aromatic rings. The fourth-order valence-electron chi connectivity index (χ4n) is 2.89. The Balaban J connectivity index is 2.12. The number of esters is 1. The predicted molar refractivity (Wildman–Crippen MR) is 68.5 cm³/mol. The van der Waals surface area contributed by atoms with Gasteiger partial charge in [-0.05, 0) is 36.5 Å². The van der Waals surface area contributed by atoms with Crippen LogP contribution in [-0.2, 0) is 22.4 Å². The first-order valence-corrected chi connectivity index (χ1v) is 6.66. The van der Waals surface area contributed by atoms with Crippen molar-refractivity contribution >= 4 is 11.5 Å². The topological polar surface area (TPSA) is 35.5 Å². The largest absolute Gasteiger partial charge is 0.490 e.